The number of aromatic nitrogens is 1. The van der Waals surface area contributed by atoms with Crippen molar-refractivity contribution in [2.24, 2.45) is 5.92 Å². The summed E-state index contributed by atoms with van der Waals surface area (Å²) >= 11 is 0. The van der Waals surface area contributed by atoms with Crippen LogP contribution in [-0.2, 0) is 4.79 Å². The molecule has 1 unspecified atom stereocenters. The Kier molecular flexibility index (Phi) is 5.96. The minimum Gasteiger partial charge on any atom is -0.480 e. The lowest BCUT2D eigenvalue weighted by Gasteiger charge is -2.30. The highest BCUT2D eigenvalue weighted by Crippen LogP contribution is 2.18. The van der Waals surface area contributed by atoms with E-state index in [-0.39, 0.29) is 5.91 Å². The molecule has 1 aromatic heterocycles. The number of carbonyl (C=O) groups excluding carboxylic acids is 1. The Hall–Kier alpha value is -2.11. The van der Waals surface area contributed by atoms with E-state index in [1.807, 2.05) is 11.8 Å². The molecule has 1 fully saturated rings. The number of carbonyl (C=O) groups is 2. The number of likely N-dealkylation sites (tertiary alicyclic amines) is 1. The van der Waals surface area contributed by atoms with E-state index in [4.69, 9.17) is 5.11 Å². The number of aliphatic carboxylic acids is 1. The van der Waals surface area contributed by atoms with Crippen LogP contribution >= 0.6 is 0 Å². The fraction of sp³-hybridized carbons (Fsp3) is 0.588. The molecule has 1 amide bonds. The topological polar surface area (TPSA) is 82.5 Å². The third-order valence-electron chi connectivity index (χ3n) is 4.28. The maximum atomic E-state index is 12.4. The van der Waals surface area contributed by atoms with Gasteiger partial charge in [-0.15, -0.1) is 0 Å². The minimum atomic E-state index is -0.892. The molecule has 126 valence electrons. The molecule has 2 N–H and O–H groups in total. The van der Waals surface area contributed by atoms with Crippen LogP contribution < -0.4 is 5.32 Å². The van der Waals surface area contributed by atoms with Crippen LogP contribution in [0.4, 0.5) is 5.82 Å². The monoisotopic (exact) mass is 319 g/mol. The fourth-order valence-electron chi connectivity index (χ4n) is 2.72. The maximum Gasteiger partial charge on any atom is 0.326 e. The minimum absolute atomic E-state index is 0.000655. The number of carboxylic acids is 1. The second-order valence-corrected chi connectivity index (χ2v) is 6.23. The summed E-state index contributed by atoms with van der Waals surface area (Å²) in [6.07, 6.45) is 4.90. The largest absolute Gasteiger partial charge is 0.480 e. The molecule has 2 rings (SSSR count). The van der Waals surface area contributed by atoms with Gasteiger partial charge in [0.1, 0.15) is 11.9 Å². The SMILES string of the molecule is CCCC(Nc1ccc(C(=O)N2CCC(C)CC2)cn1)C(=O)O. The summed E-state index contributed by atoms with van der Waals surface area (Å²) in [6.45, 7) is 5.72. The van der Waals surface area contributed by atoms with E-state index in [9.17, 15) is 9.59 Å². The number of anilines is 1. The summed E-state index contributed by atoms with van der Waals surface area (Å²) in [5.41, 5.74) is 0.549. The van der Waals surface area contributed by atoms with Gasteiger partial charge in [0.25, 0.3) is 5.91 Å². The maximum absolute atomic E-state index is 12.4. The average Bonchev–Trinajstić information content (AvgIpc) is 2.55. The first-order valence-corrected chi connectivity index (χ1v) is 8.26. The summed E-state index contributed by atoms with van der Waals surface area (Å²) in [6, 6.07) is 2.73. The standard InChI is InChI=1S/C17H25N3O3/c1-3-4-14(17(22)23)19-15-6-5-13(11-18-15)16(21)20-9-7-12(2)8-10-20/h5-6,11-12,14H,3-4,7-10H2,1-2H3,(H,18,19)(H,22,23). The van der Waals surface area contributed by atoms with Gasteiger partial charge in [-0.3, -0.25) is 4.79 Å². The van der Waals surface area contributed by atoms with Crippen LogP contribution in [0.25, 0.3) is 0 Å². The number of rotatable bonds is 6. The van der Waals surface area contributed by atoms with Crippen molar-refractivity contribution in [2.75, 3.05) is 18.4 Å². The van der Waals surface area contributed by atoms with Gasteiger partial charge in [0.15, 0.2) is 0 Å². The smallest absolute Gasteiger partial charge is 0.326 e. The van der Waals surface area contributed by atoms with Crippen LogP contribution in [0.15, 0.2) is 18.3 Å². The highest BCUT2D eigenvalue weighted by molar-refractivity contribution is 5.94. The molecule has 0 saturated carbocycles. The van der Waals surface area contributed by atoms with Crippen molar-refractivity contribution in [3.05, 3.63) is 23.9 Å². The van der Waals surface area contributed by atoms with Crippen LogP contribution in [0.5, 0.6) is 0 Å². The Bertz CT molecular complexity index is 537. The van der Waals surface area contributed by atoms with Gasteiger partial charge in [-0.2, -0.15) is 0 Å². The first-order chi connectivity index (χ1) is 11.0. The molecule has 0 bridgehead atoms. The zero-order chi connectivity index (χ0) is 16.8. The fourth-order valence-corrected chi connectivity index (χ4v) is 2.72. The van der Waals surface area contributed by atoms with Crippen LogP contribution in [-0.4, -0.2) is 46.0 Å². The quantitative estimate of drug-likeness (QED) is 0.842. The van der Waals surface area contributed by atoms with Crippen molar-refractivity contribution in [1.82, 2.24) is 9.88 Å². The lowest BCUT2D eigenvalue weighted by atomic mass is 9.99. The van der Waals surface area contributed by atoms with E-state index in [1.54, 1.807) is 12.1 Å². The number of carboxylic acid groups (broad SMARTS) is 1. The zero-order valence-corrected chi connectivity index (χ0v) is 13.8. The van der Waals surface area contributed by atoms with Crippen LogP contribution in [0, 0.1) is 5.92 Å². The predicted octanol–water partition coefficient (Wildman–Crippen LogP) is 2.62. The molecule has 1 aromatic rings. The number of amides is 1. The molecule has 1 saturated heterocycles. The number of piperidine rings is 1. The number of hydrogen-bond donors (Lipinski definition) is 2. The van der Waals surface area contributed by atoms with Gasteiger partial charge in [0, 0.05) is 19.3 Å². The van der Waals surface area contributed by atoms with Gasteiger partial charge >= 0.3 is 5.97 Å². The number of hydrogen-bond acceptors (Lipinski definition) is 4. The highest BCUT2D eigenvalue weighted by Gasteiger charge is 2.22. The lowest BCUT2D eigenvalue weighted by molar-refractivity contribution is -0.138. The first kappa shape index (κ1) is 17.2. The molecule has 0 aromatic carbocycles. The van der Waals surface area contributed by atoms with Gasteiger partial charge in [0.2, 0.25) is 0 Å². The van der Waals surface area contributed by atoms with E-state index in [0.29, 0.717) is 23.7 Å². The summed E-state index contributed by atoms with van der Waals surface area (Å²) in [5.74, 6) is 0.264. The van der Waals surface area contributed by atoms with Crippen molar-refractivity contribution in [2.45, 2.75) is 45.6 Å². The van der Waals surface area contributed by atoms with Gasteiger partial charge in [-0.1, -0.05) is 20.3 Å². The Morgan fingerprint density at radius 2 is 2.09 bits per heavy atom. The number of nitrogens with one attached hydrogen (secondary N) is 1. The molecular weight excluding hydrogens is 294 g/mol. The van der Waals surface area contributed by atoms with Crippen LogP contribution in [0.3, 0.4) is 0 Å². The van der Waals surface area contributed by atoms with Crippen molar-refractivity contribution in [3.8, 4) is 0 Å². The lowest BCUT2D eigenvalue weighted by Crippen LogP contribution is -2.38. The third-order valence-corrected chi connectivity index (χ3v) is 4.28. The Morgan fingerprint density at radius 3 is 2.61 bits per heavy atom. The Labute approximate surface area is 136 Å². The van der Waals surface area contributed by atoms with Crippen molar-refractivity contribution in [1.29, 1.82) is 0 Å². The van der Waals surface area contributed by atoms with Crippen molar-refractivity contribution in [3.63, 3.8) is 0 Å². The summed E-state index contributed by atoms with van der Waals surface area (Å²) < 4.78 is 0. The highest BCUT2D eigenvalue weighted by atomic mass is 16.4. The van der Waals surface area contributed by atoms with Crippen molar-refractivity contribution >= 4 is 17.7 Å². The Balaban J connectivity index is 1.98. The number of nitrogens with zero attached hydrogens (tertiary/aromatic N) is 2. The molecule has 1 aliphatic rings. The van der Waals surface area contributed by atoms with Gasteiger partial charge in [-0.25, -0.2) is 9.78 Å². The van der Waals surface area contributed by atoms with Crippen molar-refractivity contribution < 1.29 is 14.7 Å². The molecule has 1 aliphatic heterocycles. The van der Waals surface area contributed by atoms with E-state index < -0.39 is 12.0 Å². The average molecular weight is 319 g/mol. The van der Waals surface area contributed by atoms with E-state index in [2.05, 4.69) is 17.2 Å². The van der Waals surface area contributed by atoms with E-state index in [1.165, 1.54) is 6.20 Å². The van der Waals surface area contributed by atoms with Crippen LogP contribution in [0.1, 0.15) is 49.9 Å². The zero-order valence-electron chi connectivity index (χ0n) is 13.8. The third kappa shape index (κ3) is 4.68. The van der Waals surface area contributed by atoms with Crippen LogP contribution in [0.2, 0.25) is 0 Å². The summed E-state index contributed by atoms with van der Waals surface area (Å²) in [7, 11) is 0. The summed E-state index contributed by atoms with van der Waals surface area (Å²) in [4.78, 5) is 29.6. The van der Waals surface area contributed by atoms with E-state index in [0.717, 1.165) is 32.4 Å². The molecule has 0 spiro atoms. The first-order valence-electron chi connectivity index (χ1n) is 8.26. The molecule has 0 radical (unpaired) electrons. The van der Waals surface area contributed by atoms with Gasteiger partial charge in [-0.05, 0) is 37.3 Å². The normalized spacial score (nSPS) is 16.9. The molecule has 6 heteroatoms. The summed E-state index contributed by atoms with van der Waals surface area (Å²) in [5, 5.41) is 12.0. The molecule has 6 nitrogen and oxygen atoms in total. The second kappa shape index (κ2) is 7.94. The van der Waals surface area contributed by atoms with E-state index >= 15 is 0 Å². The molecule has 23 heavy (non-hydrogen) atoms. The molecule has 0 aliphatic carbocycles. The Morgan fingerprint density at radius 1 is 1.39 bits per heavy atom. The van der Waals surface area contributed by atoms with Gasteiger partial charge in [0.05, 0.1) is 5.56 Å². The number of pyridine rings is 1. The van der Waals surface area contributed by atoms with Gasteiger partial charge < -0.3 is 15.3 Å². The molecule has 1 atom stereocenters. The molecule has 2 heterocycles. The second-order valence-electron chi connectivity index (χ2n) is 6.23. The predicted molar refractivity (Wildman–Crippen MR) is 88.5 cm³/mol. The molecular formula is C17H25N3O3.